The maximum absolute atomic E-state index is 11.7. The van der Waals surface area contributed by atoms with Crippen LogP contribution in [0.1, 0.15) is 43.2 Å². The molecule has 0 heterocycles. The Hall–Kier alpha value is -2.29. The average Bonchev–Trinajstić information content (AvgIpc) is 2.58. The van der Waals surface area contributed by atoms with Crippen LogP contribution in [-0.4, -0.2) is 17.7 Å². The van der Waals surface area contributed by atoms with Gasteiger partial charge >= 0.3 is 5.97 Å². The fourth-order valence-corrected chi connectivity index (χ4v) is 2.60. The minimum absolute atomic E-state index is 0.434. The Bertz CT molecular complexity index is 607. The molecular formula is C20H24O3. The first-order chi connectivity index (χ1) is 11.2. The number of aliphatic carboxylic acids is 1. The number of carboxylic acids is 1. The number of ether oxygens (including phenoxy) is 1. The Balaban J connectivity index is 2.12. The van der Waals surface area contributed by atoms with E-state index in [4.69, 9.17) is 4.74 Å². The molecular weight excluding hydrogens is 288 g/mol. The molecule has 0 bridgehead atoms. The molecule has 0 amide bonds. The first-order valence-electron chi connectivity index (χ1n) is 8.20. The van der Waals surface area contributed by atoms with E-state index in [0.29, 0.717) is 13.0 Å². The molecule has 0 aliphatic carbocycles. The van der Waals surface area contributed by atoms with E-state index in [0.717, 1.165) is 36.1 Å². The van der Waals surface area contributed by atoms with Crippen molar-refractivity contribution in [1.29, 1.82) is 0 Å². The molecule has 2 aromatic rings. The van der Waals surface area contributed by atoms with Gasteiger partial charge < -0.3 is 9.84 Å². The number of hydrogen-bond acceptors (Lipinski definition) is 2. The Morgan fingerprint density at radius 3 is 2.43 bits per heavy atom. The van der Waals surface area contributed by atoms with Gasteiger partial charge in [0.05, 0.1) is 12.5 Å². The summed E-state index contributed by atoms with van der Waals surface area (Å²) in [6, 6.07) is 17.1. The molecule has 0 fully saturated rings. The van der Waals surface area contributed by atoms with Gasteiger partial charge in [-0.25, -0.2) is 0 Å². The van der Waals surface area contributed by atoms with Gasteiger partial charge in [0.15, 0.2) is 0 Å². The number of para-hydroxylation sites is 1. The van der Waals surface area contributed by atoms with Crippen molar-refractivity contribution in [2.45, 2.75) is 38.5 Å². The molecule has 0 aliphatic heterocycles. The quantitative estimate of drug-likeness (QED) is 0.685. The van der Waals surface area contributed by atoms with Crippen LogP contribution in [-0.2, 0) is 11.2 Å². The lowest BCUT2D eigenvalue weighted by molar-refractivity contribution is -0.138. The number of carboxylic acid groups (broad SMARTS) is 1. The van der Waals surface area contributed by atoms with Crippen LogP contribution in [0.2, 0.25) is 0 Å². The third kappa shape index (κ3) is 5.13. The second-order valence-corrected chi connectivity index (χ2v) is 5.67. The maximum atomic E-state index is 11.7. The van der Waals surface area contributed by atoms with Crippen molar-refractivity contribution in [2.24, 2.45) is 0 Å². The van der Waals surface area contributed by atoms with Crippen LogP contribution in [0.4, 0.5) is 0 Å². The topological polar surface area (TPSA) is 46.5 Å². The summed E-state index contributed by atoms with van der Waals surface area (Å²) in [6.45, 7) is 2.83. The second kappa shape index (κ2) is 8.99. The van der Waals surface area contributed by atoms with Crippen molar-refractivity contribution in [3.63, 3.8) is 0 Å². The Kier molecular flexibility index (Phi) is 6.67. The van der Waals surface area contributed by atoms with Crippen molar-refractivity contribution < 1.29 is 14.6 Å². The zero-order chi connectivity index (χ0) is 16.5. The highest BCUT2D eigenvalue weighted by Crippen LogP contribution is 2.27. The maximum Gasteiger partial charge on any atom is 0.311 e. The highest BCUT2D eigenvalue weighted by Gasteiger charge is 2.21. The molecule has 0 saturated heterocycles. The van der Waals surface area contributed by atoms with Crippen LogP contribution in [0.5, 0.6) is 5.75 Å². The Labute approximate surface area is 137 Å². The minimum Gasteiger partial charge on any atom is -0.493 e. The number of carbonyl (C=O) groups is 1. The lowest BCUT2D eigenvalue weighted by atomic mass is 9.92. The summed E-state index contributed by atoms with van der Waals surface area (Å²) in [5.41, 5.74) is 1.76. The number of rotatable bonds is 9. The van der Waals surface area contributed by atoms with Crippen molar-refractivity contribution >= 4 is 5.97 Å². The summed E-state index contributed by atoms with van der Waals surface area (Å²) in [4.78, 5) is 11.7. The molecule has 3 heteroatoms. The summed E-state index contributed by atoms with van der Waals surface area (Å²) in [5, 5.41) is 9.58. The summed E-state index contributed by atoms with van der Waals surface area (Å²) in [6.07, 6.45) is 3.75. The highest BCUT2D eigenvalue weighted by molar-refractivity contribution is 5.76. The predicted molar refractivity (Wildman–Crippen MR) is 92.0 cm³/mol. The largest absolute Gasteiger partial charge is 0.493 e. The fraction of sp³-hybridized carbons (Fsp3) is 0.350. The monoisotopic (exact) mass is 312 g/mol. The summed E-state index contributed by atoms with van der Waals surface area (Å²) in [5.74, 6) is -0.570. The van der Waals surface area contributed by atoms with Crippen molar-refractivity contribution in [1.82, 2.24) is 0 Å². The fourth-order valence-electron chi connectivity index (χ4n) is 2.60. The smallest absolute Gasteiger partial charge is 0.311 e. The summed E-state index contributed by atoms with van der Waals surface area (Å²) < 4.78 is 5.86. The molecule has 0 aromatic heterocycles. The molecule has 1 unspecified atom stereocenters. The van der Waals surface area contributed by atoms with Crippen molar-refractivity contribution in [3.8, 4) is 5.75 Å². The first-order valence-corrected chi connectivity index (χ1v) is 8.20. The van der Waals surface area contributed by atoms with E-state index in [1.165, 1.54) is 0 Å². The standard InChI is InChI=1S/C20H24O3/c1-2-3-9-14-23-19-13-8-7-12-17(19)15-18(20(21)22)16-10-5-4-6-11-16/h4-8,10-13,18H,2-3,9,14-15H2,1H3,(H,21,22). The molecule has 1 N–H and O–H groups in total. The molecule has 1 atom stereocenters. The van der Waals surface area contributed by atoms with Gasteiger partial charge in [0.25, 0.3) is 0 Å². The molecule has 0 saturated carbocycles. The first kappa shape index (κ1) is 17.1. The van der Waals surface area contributed by atoms with E-state index < -0.39 is 11.9 Å². The van der Waals surface area contributed by atoms with Crippen molar-refractivity contribution in [2.75, 3.05) is 6.61 Å². The highest BCUT2D eigenvalue weighted by atomic mass is 16.5. The van der Waals surface area contributed by atoms with Crippen molar-refractivity contribution in [3.05, 3.63) is 65.7 Å². The van der Waals surface area contributed by atoms with Gasteiger partial charge in [-0.3, -0.25) is 4.79 Å². The van der Waals surface area contributed by atoms with Crippen LogP contribution in [0.15, 0.2) is 54.6 Å². The molecule has 3 nitrogen and oxygen atoms in total. The molecule has 0 spiro atoms. The van der Waals surface area contributed by atoms with Crippen LogP contribution in [0.3, 0.4) is 0 Å². The van der Waals surface area contributed by atoms with Gasteiger partial charge in [-0.05, 0) is 30.0 Å². The zero-order valence-corrected chi connectivity index (χ0v) is 13.6. The van der Waals surface area contributed by atoms with E-state index in [1.54, 1.807) is 0 Å². The van der Waals surface area contributed by atoms with Crippen LogP contribution >= 0.6 is 0 Å². The lowest BCUT2D eigenvalue weighted by Crippen LogP contribution is -2.15. The Morgan fingerprint density at radius 1 is 1.04 bits per heavy atom. The zero-order valence-electron chi connectivity index (χ0n) is 13.6. The number of unbranched alkanes of at least 4 members (excludes halogenated alkanes) is 2. The molecule has 2 rings (SSSR count). The van der Waals surface area contributed by atoms with E-state index in [9.17, 15) is 9.90 Å². The van der Waals surface area contributed by atoms with Gasteiger partial charge in [0, 0.05) is 0 Å². The van der Waals surface area contributed by atoms with Gasteiger partial charge in [-0.1, -0.05) is 68.3 Å². The van der Waals surface area contributed by atoms with Crippen LogP contribution < -0.4 is 4.74 Å². The molecule has 0 radical (unpaired) electrons. The molecule has 2 aromatic carbocycles. The van der Waals surface area contributed by atoms with E-state index >= 15 is 0 Å². The lowest BCUT2D eigenvalue weighted by Gasteiger charge is -2.16. The molecule has 0 aliphatic rings. The minimum atomic E-state index is -0.808. The third-order valence-corrected chi connectivity index (χ3v) is 3.90. The number of benzene rings is 2. The SMILES string of the molecule is CCCCCOc1ccccc1CC(C(=O)O)c1ccccc1. The van der Waals surface area contributed by atoms with Gasteiger partial charge in [-0.2, -0.15) is 0 Å². The average molecular weight is 312 g/mol. The van der Waals surface area contributed by atoms with Crippen LogP contribution in [0.25, 0.3) is 0 Å². The van der Waals surface area contributed by atoms with Crippen LogP contribution in [0, 0.1) is 0 Å². The summed E-state index contributed by atoms with van der Waals surface area (Å²) in [7, 11) is 0. The van der Waals surface area contributed by atoms with Gasteiger partial charge in [0.2, 0.25) is 0 Å². The second-order valence-electron chi connectivity index (χ2n) is 5.67. The van der Waals surface area contributed by atoms with E-state index in [-0.39, 0.29) is 0 Å². The predicted octanol–water partition coefficient (Wildman–Crippen LogP) is 4.67. The van der Waals surface area contributed by atoms with Gasteiger partial charge in [0.1, 0.15) is 5.75 Å². The third-order valence-electron chi connectivity index (χ3n) is 3.90. The van der Waals surface area contributed by atoms with E-state index in [2.05, 4.69) is 6.92 Å². The van der Waals surface area contributed by atoms with E-state index in [1.807, 2.05) is 54.6 Å². The molecule has 23 heavy (non-hydrogen) atoms. The Morgan fingerprint density at radius 2 is 1.74 bits per heavy atom. The summed E-state index contributed by atoms with van der Waals surface area (Å²) >= 11 is 0. The van der Waals surface area contributed by atoms with Gasteiger partial charge in [-0.15, -0.1) is 0 Å². The number of hydrogen-bond donors (Lipinski definition) is 1. The normalized spacial score (nSPS) is 11.9. The molecule has 122 valence electrons.